The molecule has 1 aliphatic rings. The van der Waals surface area contributed by atoms with Gasteiger partial charge in [-0.1, -0.05) is 0 Å². The minimum Gasteiger partial charge on any atom is -0.353 e. The third-order valence-electron chi connectivity index (χ3n) is 3.45. The second kappa shape index (κ2) is 7.26. The van der Waals surface area contributed by atoms with Crippen molar-refractivity contribution in [1.82, 2.24) is 15.5 Å². The normalized spacial score (nSPS) is 19.4. The average Bonchev–Trinajstić information content (AvgIpc) is 2.34. The zero-order valence-corrected chi connectivity index (χ0v) is 12.3. The van der Waals surface area contributed by atoms with Gasteiger partial charge >= 0.3 is 6.18 Å². The molecule has 1 fully saturated rings. The SMILES string of the molecule is CC(C)NC(=O)C(C)N(CC(F)(F)F)C1CCNCC1. The maximum absolute atomic E-state index is 12.8. The van der Waals surface area contributed by atoms with E-state index in [-0.39, 0.29) is 18.0 Å². The summed E-state index contributed by atoms with van der Waals surface area (Å²) in [6.07, 6.45) is -3.03. The fourth-order valence-electron chi connectivity index (χ4n) is 2.48. The van der Waals surface area contributed by atoms with E-state index in [1.165, 1.54) is 4.90 Å². The van der Waals surface area contributed by atoms with Crippen LogP contribution in [0, 0.1) is 0 Å². The highest BCUT2D eigenvalue weighted by atomic mass is 19.4. The van der Waals surface area contributed by atoms with Gasteiger partial charge in [-0.2, -0.15) is 13.2 Å². The number of carbonyl (C=O) groups is 1. The molecular formula is C13H24F3N3O. The summed E-state index contributed by atoms with van der Waals surface area (Å²) in [4.78, 5) is 13.3. The van der Waals surface area contributed by atoms with Gasteiger partial charge in [0, 0.05) is 12.1 Å². The molecule has 1 amide bonds. The van der Waals surface area contributed by atoms with Crippen molar-refractivity contribution in [1.29, 1.82) is 0 Å². The quantitative estimate of drug-likeness (QED) is 0.808. The van der Waals surface area contributed by atoms with Crippen molar-refractivity contribution >= 4 is 5.91 Å². The molecule has 0 aromatic carbocycles. The second-order valence-corrected chi connectivity index (χ2v) is 5.61. The molecule has 0 spiro atoms. The van der Waals surface area contributed by atoms with Crippen LogP contribution >= 0.6 is 0 Å². The van der Waals surface area contributed by atoms with E-state index in [4.69, 9.17) is 0 Å². The molecule has 0 aromatic rings. The van der Waals surface area contributed by atoms with Crippen LogP contribution in [0.4, 0.5) is 13.2 Å². The first-order chi connectivity index (χ1) is 9.20. The van der Waals surface area contributed by atoms with Crippen LogP contribution in [0.2, 0.25) is 0 Å². The highest BCUT2D eigenvalue weighted by Crippen LogP contribution is 2.23. The van der Waals surface area contributed by atoms with Gasteiger partial charge in [0.2, 0.25) is 5.91 Å². The standard InChI is InChI=1S/C13H24F3N3O/c1-9(2)18-12(20)10(3)19(8-13(14,15)16)11-4-6-17-7-5-11/h9-11,17H,4-8H2,1-3H3,(H,18,20). The van der Waals surface area contributed by atoms with E-state index in [0.29, 0.717) is 25.9 Å². The largest absolute Gasteiger partial charge is 0.401 e. The molecule has 2 N–H and O–H groups in total. The zero-order valence-electron chi connectivity index (χ0n) is 12.3. The van der Waals surface area contributed by atoms with Gasteiger partial charge in [0.05, 0.1) is 12.6 Å². The van der Waals surface area contributed by atoms with E-state index >= 15 is 0 Å². The van der Waals surface area contributed by atoms with Gasteiger partial charge in [-0.25, -0.2) is 0 Å². The van der Waals surface area contributed by atoms with Crippen molar-refractivity contribution in [3.05, 3.63) is 0 Å². The van der Waals surface area contributed by atoms with Crippen LogP contribution in [-0.4, -0.2) is 54.7 Å². The first-order valence-electron chi connectivity index (χ1n) is 7.04. The van der Waals surface area contributed by atoms with Crippen molar-refractivity contribution < 1.29 is 18.0 Å². The lowest BCUT2D eigenvalue weighted by Crippen LogP contribution is -2.55. The molecule has 1 aliphatic heterocycles. The Kier molecular flexibility index (Phi) is 6.26. The molecule has 0 bridgehead atoms. The summed E-state index contributed by atoms with van der Waals surface area (Å²) in [6, 6.07) is -1.06. The number of nitrogens with zero attached hydrogens (tertiary/aromatic N) is 1. The lowest BCUT2D eigenvalue weighted by atomic mass is 10.0. The molecular weight excluding hydrogens is 271 g/mol. The minimum absolute atomic E-state index is 0.0780. The summed E-state index contributed by atoms with van der Waals surface area (Å²) in [6.45, 7) is 5.48. The van der Waals surface area contributed by atoms with Gasteiger partial charge in [-0.15, -0.1) is 0 Å². The van der Waals surface area contributed by atoms with Gasteiger partial charge in [0.1, 0.15) is 0 Å². The molecule has 1 saturated heterocycles. The molecule has 20 heavy (non-hydrogen) atoms. The molecule has 1 atom stereocenters. The van der Waals surface area contributed by atoms with Crippen molar-refractivity contribution in [3.8, 4) is 0 Å². The van der Waals surface area contributed by atoms with Crippen LogP contribution in [0.1, 0.15) is 33.6 Å². The van der Waals surface area contributed by atoms with Gasteiger partial charge < -0.3 is 10.6 Å². The Labute approximate surface area is 118 Å². The van der Waals surface area contributed by atoms with Gasteiger partial charge in [-0.3, -0.25) is 9.69 Å². The molecule has 0 saturated carbocycles. The predicted molar refractivity (Wildman–Crippen MR) is 71.4 cm³/mol. The number of amides is 1. The van der Waals surface area contributed by atoms with E-state index in [2.05, 4.69) is 10.6 Å². The zero-order chi connectivity index (χ0) is 15.3. The third kappa shape index (κ3) is 5.66. The van der Waals surface area contributed by atoms with Crippen LogP contribution in [0.5, 0.6) is 0 Å². The summed E-state index contributed by atoms with van der Waals surface area (Å²) in [7, 11) is 0. The van der Waals surface area contributed by atoms with Crippen molar-refractivity contribution in [2.45, 2.75) is 57.9 Å². The Morgan fingerprint density at radius 3 is 2.30 bits per heavy atom. The van der Waals surface area contributed by atoms with Crippen LogP contribution in [-0.2, 0) is 4.79 Å². The van der Waals surface area contributed by atoms with Crippen LogP contribution in [0.15, 0.2) is 0 Å². The maximum Gasteiger partial charge on any atom is 0.401 e. The molecule has 0 radical (unpaired) electrons. The lowest BCUT2D eigenvalue weighted by Gasteiger charge is -2.38. The maximum atomic E-state index is 12.8. The molecule has 1 rings (SSSR count). The van der Waals surface area contributed by atoms with Crippen LogP contribution in [0.3, 0.4) is 0 Å². The summed E-state index contributed by atoms with van der Waals surface area (Å²) in [5, 5.41) is 5.81. The Bertz CT molecular complexity index is 314. The number of hydrogen-bond donors (Lipinski definition) is 2. The minimum atomic E-state index is -4.29. The molecule has 0 aromatic heterocycles. The topological polar surface area (TPSA) is 44.4 Å². The predicted octanol–water partition coefficient (Wildman–Crippen LogP) is 1.52. The summed E-state index contributed by atoms with van der Waals surface area (Å²) in [5.74, 6) is -0.345. The number of nitrogens with one attached hydrogen (secondary N) is 2. The number of carbonyl (C=O) groups excluding carboxylic acids is 1. The summed E-state index contributed by atoms with van der Waals surface area (Å²) >= 11 is 0. The number of hydrogen-bond acceptors (Lipinski definition) is 3. The van der Waals surface area contributed by atoms with Gasteiger partial charge in [0.25, 0.3) is 0 Å². The Morgan fingerprint density at radius 2 is 1.85 bits per heavy atom. The molecule has 1 heterocycles. The molecule has 4 nitrogen and oxygen atoms in total. The number of alkyl halides is 3. The Morgan fingerprint density at radius 1 is 1.30 bits per heavy atom. The fraction of sp³-hybridized carbons (Fsp3) is 0.923. The Balaban J connectivity index is 2.77. The van der Waals surface area contributed by atoms with Crippen LogP contribution < -0.4 is 10.6 Å². The van der Waals surface area contributed by atoms with Crippen LogP contribution in [0.25, 0.3) is 0 Å². The summed E-state index contributed by atoms with van der Waals surface area (Å²) in [5.41, 5.74) is 0. The van der Waals surface area contributed by atoms with Gasteiger partial charge in [0.15, 0.2) is 0 Å². The van der Waals surface area contributed by atoms with E-state index in [1.54, 1.807) is 20.8 Å². The van der Waals surface area contributed by atoms with E-state index in [0.717, 1.165) is 0 Å². The molecule has 118 valence electrons. The molecule has 7 heteroatoms. The summed E-state index contributed by atoms with van der Waals surface area (Å²) < 4.78 is 38.3. The Hall–Kier alpha value is -0.820. The lowest BCUT2D eigenvalue weighted by molar-refractivity contribution is -0.161. The average molecular weight is 295 g/mol. The number of piperidine rings is 1. The van der Waals surface area contributed by atoms with Crippen molar-refractivity contribution in [2.75, 3.05) is 19.6 Å². The highest BCUT2D eigenvalue weighted by Gasteiger charge is 2.38. The van der Waals surface area contributed by atoms with E-state index in [9.17, 15) is 18.0 Å². The van der Waals surface area contributed by atoms with Crippen molar-refractivity contribution in [3.63, 3.8) is 0 Å². The number of rotatable bonds is 5. The number of halogens is 3. The molecule has 1 unspecified atom stereocenters. The second-order valence-electron chi connectivity index (χ2n) is 5.61. The van der Waals surface area contributed by atoms with Crippen molar-refractivity contribution in [2.24, 2.45) is 0 Å². The molecule has 0 aliphatic carbocycles. The first kappa shape index (κ1) is 17.2. The monoisotopic (exact) mass is 295 g/mol. The highest BCUT2D eigenvalue weighted by molar-refractivity contribution is 5.81. The fourth-order valence-corrected chi connectivity index (χ4v) is 2.48. The van der Waals surface area contributed by atoms with Gasteiger partial charge in [-0.05, 0) is 46.7 Å². The smallest absolute Gasteiger partial charge is 0.353 e. The van der Waals surface area contributed by atoms with E-state index in [1.807, 2.05) is 0 Å². The van der Waals surface area contributed by atoms with E-state index < -0.39 is 18.8 Å². The first-order valence-corrected chi connectivity index (χ1v) is 7.04. The third-order valence-corrected chi connectivity index (χ3v) is 3.45.